The van der Waals surface area contributed by atoms with Crippen LogP contribution < -0.4 is 5.32 Å². The Labute approximate surface area is 100 Å². The highest BCUT2D eigenvalue weighted by atomic mass is 15.0. The van der Waals surface area contributed by atoms with E-state index in [2.05, 4.69) is 18.3 Å². The van der Waals surface area contributed by atoms with Crippen molar-refractivity contribution >= 4 is 0 Å². The average molecular weight is 222 g/mol. The summed E-state index contributed by atoms with van der Waals surface area (Å²) in [6.07, 6.45) is 8.79. The zero-order chi connectivity index (χ0) is 12.1. The molecule has 0 radical (unpaired) electrons. The molecule has 16 heavy (non-hydrogen) atoms. The first kappa shape index (κ1) is 13.5. The van der Waals surface area contributed by atoms with E-state index in [4.69, 9.17) is 5.26 Å². The van der Waals surface area contributed by atoms with Crippen molar-refractivity contribution in [3.63, 3.8) is 0 Å². The second-order valence-corrected chi connectivity index (χ2v) is 6.15. The van der Waals surface area contributed by atoms with Gasteiger partial charge in [0.05, 0.1) is 11.5 Å². The van der Waals surface area contributed by atoms with Gasteiger partial charge in [-0.15, -0.1) is 0 Å². The van der Waals surface area contributed by atoms with Crippen LogP contribution in [0.2, 0.25) is 0 Å². The summed E-state index contributed by atoms with van der Waals surface area (Å²) in [6.45, 7) is 7.51. The molecule has 0 aliphatic heterocycles. The Kier molecular flexibility index (Phi) is 4.80. The fraction of sp³-hybridized carbons (Fsp3) is 0.929. The van der Waals surface area contributed by atoms with Gasteiger partial charge in [0.1, 0.15) is 0 Å². The van der Waals surface area contributed by atoms with E-state index in [0.717, 1.165) is 19.4 Å². The predicted molar refractivity (Wildman–Crippen MR) is 68.1 cm³/mol. The summed E-state index contributed by atoms with van der Waals surface area (Å²) in [7, 11) is 0. The molecule has 1 aliphatic carbocycles. The standard InChI is InChI=1S/C14H26N2/c1-13(2,12-15)8-6-7-11-16-14(3)9-4-5-10-14/h16H,4-11H2,1-3H3. The van der Waals surface area contributed by atoms with Crippen LogP contribution in [-0.2, 0) is 0 Å². The summed E-state index contributed by atoms with van der Waals surface area (Å²) in [6, 6.07) is 2.36. The summed E-state index contributed by atoms with van der Waals surface area (Å²) in [5.41, 5.74) is 0.266. The van der Waals surface area contributed by atoms with Gasteiger partial charge in [0, 0.05) is 5.54 Å². The lowest BCUT2D eigenvalue weighted by molar-refractivity contribution is 0.350. The fourth-order valence-electron chi connectivity index (χ4n) is 2.47. The Bertz CT molecular complexity index is 244. The van der Waals surface area contributed by atoms with Gasteiger partial charge in [-0.3, -0.25) is 0 Å². The number of unbranched alkanes of at least 4 members (excludes halogenated alkanes) is 1. The van der Waals surface area contributed by atoms with Crippen molar-refractivity contribution in [1.29, 1.82) is 5.26 Å². The first-order chi connectivity index (χ1) is 7.47. The van der Waals surface area contributed by atoms with Crippen LogP contribution in [0, 0.1) is 16.7 Å². The molecule has 0 amide bonds. The van der Waals surface area contributed by atoms with E-state index in [1.54, 1.807) is 0 Å². The van der Waals surface area contributed by atoms with Crippen molar-refractivity contribution in [3.05, 3.63) is 0 Å². The number of nitriles is 1. The zero-order valence-corrected chi connectivity index (χ0v) is 11.1. The van der Waals surface area contributed by atoms with Crippen LogP contribution in [0.15, 0.2) is 0 Å². The highest BCUT2D eigenvalue weighted by Crippen LogP contribution is 2.29. The third-order valence-electron chi connectivity index (χ3n) is 3.79. The second kappa shape index (κ2) is 5.68. The molecule has 1 fully saturated rings. The molecule has 0 aromatic carbocycles. The van der Waals surface area contributed by atoms with Gasteiger partial charge < -0.3 is 5.32 Å². The first-order valence-electron chi connectivity index (χ1n) is 6.64. The molecule has 1 N–H and O–H groups in total. The number of hydrogen-bond acceptors (Lipinski definition) is 2. The van der Waals surface area contributed by atoms with Gasteiger partial charge in [-0.2, -0.15) is 5.26 Å². The van der Waals surface area contributed by atoms with E-state index in [-0.39, 0.29) is 5.41 Å². The van der Waals surface area contributed by atoms with Gasteiger partial charge >= 0.3 is 0 Å². The molecule has 2 nitrogen and oxygen atoms in total. The third-order valence-corrected chi connectivity index (χ3v) is 3.79. The lowest BCUT2D eigenvalue weighted by Crippen LogP contribution is -2.39. The van der Waals surface area contributed by atoms with Crippen molar-refractivity contribution in [3.8, 4) is 6.07 Å². The summed E-state index contributed by atoms with van der Waals surface area (Å²) in [5.74, 6) is 0. The number of hydrogen-bond donors (Lipinski definition) is 1. The molecule has 0 bridgehead atoms. The monoisotopic (exact) mass is 222 g/mol. The van der Waals surface area contributed by atoms with Crippen molar-refractivity contribution in [2.24, 2.45) is 5.41 Å². The minimum Gasteiger partial charge on any atom is -0.312 e. The molecule has 0 spiro atoms. The molecule has 0 atom stereocenters. The number of rotatable bonds is 6. The quantitative estimate of drug-likeness (QED) is 0.697. The summed E-state index contributed by atoms with van der Waals surface area (Å²) >= 11 is 0. The topological polar surface area (TPSA) is 35.8 Å². The van der Waals surface area contributed by atoms with Gasteiger partial charge in [0.25, 0.3) is 0 Å². The minimum atomic E-state index is -0.142. The van der Waals surface area contributed by atoms with E-state index in [0.29, 0.717) is 5.54 Å². The predicted octanol–water partition coefficient (Wildman–Crippen LogP) is 3.63. The zero-order valence-electron chi connectivity index (χ0n) is 11.1. The third kappa shape index (κ3) is 4.53. The number of nitrogens with one attached hydrogen (secondary N) is 1. The molecule has 1 rings (SSSR count). The highest BCUT2D eigenvalue weighted by Gasteiger charge is 2.27. The van der Waals surface area contributed by atoms with E-state index >= 15 is 0 Å². The fourth-order valence-corrected chi connectivity index (χ4v) is 2.47. The molecule has 92 valence electrons. The maximum absolute atomic E-state index is 8.90. The van der Waals surface area contributed by atoms with Crippen LogP contribution in [0.25, 0.3) is 0 Å². The molecule has 0 saturated heterocycles. The lowest BCUT2D eigenvalue weighted by Gasteiger charge is -2.25. The summed E-state index contributed by atoms with van der Waals surface area (Å²) in [5, 5.41) is 12.6. The normalized spacial score (nSPS) is 19.6. The Morgan fingerprint density at radius 1 is 1.25 bits per heavy atom. The van der Waals surface area contributed by atoms with Gasteiger partial charge in [0.15, 0.2) is 0 Å². The van der Waals surface area contributed by atoms with Crippen molar-refractivity contribution in [2.45, 2.75) is 71.3 Å². The van der Waals surface area contributed by atoms with Crippen LogP contribution in [0.5, 0.6) is 0 Å². The molecule has 0 unspecified atom stereocenters. The van der Waals surface area contributed by atoms with Crippen molar-refractivity contribution in [2.75, 3.05) is 6.54 Å². The highest BCUT2D eigenvalue weighted by molar-refractivity contribution is 4.91. The number of nitrogens with zero attached hydrogens (tertiary/aromatic N) is 1. The molecule has 0 aromatic heterocycles. The van der Waals surface area contributed by atoms with Crippen molar-refractivity contribution < 1.29 is 0 Å². The van der Waals surface area contributed by atoms with Crippen LogP contribution in [-0.4, -0.2) is 12.1 Å². The summed E-state index contributed by atoms with van der Waals surface area (Å²) in [4.78, 5) is 0. The lowest BCUT2D eigenvalue weighted by atomic mass is 9.89. The van der Waals surface area contributed by atoms with E-state index in [1.807, 2.05) is 13.8 Å². The Hall–Kier alpha value is -0.550. The first-order valence-corrected chi connectivity index (χ1v) is 6.64. The molecular weight excluding hydrogens is 196 g/mol. The molecule has 0 aromatic rings. The van der Waals surface area contributed by atoms with Crippen LogP contribution in [0.4, 0.5) is 0 Å². The van der Waals surface area contributed by atoms with E-state index in [1.165, 1.54) is 32.1 Å². The Morgan fingerprint density at radius 3 is 2.44 bits per heavy atom. The Balaban J connectivity index is 2.06. The van der Waals surface area contributed by atoms with Crippen LogP contribution in [0.3, 0.4) is 0 Å². The average Bonchev–Trinajstić information content (AvgIpc) is 2.65. The SMILES string of the molecule is CC(C)(C#N)CCCCNC1(C)CCCC1. The van der Waals surface area contributed by atoms with Gasteiger partial charge in [0.2, 0.25) is 0 Å². The van der Waals surface area contributed by atoms with E-state index < -0.39 is 0 Å². The molecule has 2 heteroatoms. The molecule has 0 heterocycles. The Morgan fingerprint density at radius 2 is 1.88 bits per heavy atom. The molecular formula is C14H26N2. The maximum atomic E-state index is 8.90. The second-order valence-electron chi connectivity index (χ2n) is 6.15. The van der Waals surface area contributed by atoms with E-state index in [9.17, 15) is 0 Å². The maximum Gasteiger partial charge on any atom is 0.0683 e. The van der Waals surface area contributed by atoms with Crippen LogP contribution >= 0.6 is 0 Å². The van der Waals surface area contributed by atoms with Gasteiger partial charge in [-0.25, -0.2) is 0 Å². The van der Waals surface area contributed by atoms with Gasteiger partial charge in [-0.05, 0) is 53.0 Å². The van der Waals surface area contributed by atoms with Crippen LogP contribution in [0.1, 0.15) is 65.7 Å². The van der Waals surface area contributed by atoms with Gasteiger partial charge in [-0.1, -0.05) is 19.3 Å². The van der Waals surface area contributed by atoms with Crippen molar-refractivity contribution in [1.82, 2.24) is 5.32 Å². The summed E-state index contributed by atoms with van der Waals surface area (Å²) < 4.78 is 0. The molecule has 1 aliphatic rings. The molecule has 1 saturated carbocycles. The largest absolute Gasteiger partial charge is 0.312 e. The smallest absolute Gasteiger partial charge is 0.0683 e. The minimum absolute atomic E-state index is 0.142.